The van der Waals surface area contributed by atoms with Crippen LogP contribution in [0.3, 0.4) is 0 Å². The molecule has 168 valence electrons. The van der Waals surface area contributed by atoms with E-state index in [0.717, 1.165) is 32.1 Å². The predicted molar refractivity (Wildman–Crippen MR) is 119 cm³/mol. The molecule has 2 N–H and O–H groups in total. The zero-order valence-electron chi connectivity index (χ0n) is 17.7. The molecule has 1 heterocycles. The third kappa shape index (κ3) is 6.40. The van der Waals surface area contributed by atoms with E-state index in [4.69, 9.17) is 21.7 Å². The number of carbonyl (C=O) groups is 3. The Kier molecular flexibility index (Phi) is 8.22. The monoisotopic (exact) mass is 447 g/mol. The largest absolute Gasteiger partial charge is 0.494 e. The number of nitrogens with one attached hydrogen (secondary N) is 2. The Balaban J connectivity index is 1.59. The van der Waals surface area contributed by atoms with Gasteiger partial charge in [0.15, 0.2) is 5.11 Å². The van der Waals surface area contributed by atoms with Crippen molar-refractivity contribution in [2.24, 2.45) is 0 Å². The lowest BCUT2D eigenvalue weighted by atomic mass is 9.98. The summed E-state index contributed by atoms with van der Waals surface area (Å²) < 4.78 is 10.9. The van der Waals surface area contributed by atoms with Crippen molar-refractivity contribution < 1.29 is 23.9 Å². The zero-order valence-corrected chi connectivity index (χ0v) is 18.5. The van der Waals surface area contributed by atoms with Crippen molar-refractivity contribution in [3.63, 3.8) is 0 Å². The van der Waals surface area contributed by atoms with Crippen molar-refractivity contribution in [1.82, 2.24) is 15.5 Å². The number of rotatable bonds is 6. The maximum absolute atomic E-state index is 12.6. The van der Waals surface area contributed by atoms with Gasteiger partial charge in [0.1, 0.15) is 17.9 Å². The van der Waals surface area contributed by atoms with Gasteiger partial charge < -0.3 is 19.7 Å². The highest BCUT2D eigenvalue weighted by atomic mass is 32.1. The Bertz CT molecular complexity index is 808. The summed E-state index contributed by atoms with van der Waals surface area (Å²) in [6.45, 7) is 3.20. The lowest BCUT2D eigenvalue weighted by molar-refractivity contribution is -0.153. The van der Waals surface area contributed by atoms with Crippen LogP contribution in [0.4, 0.5) is 0 Å². The molecular formula is C22H29N3O5S. The molecule has 0 aromatic heterocycles. The first-order valence-corrected chi connectivity index (χ1v) is 11.2. The average molecular weight is 448 g/mol. The van der Waals surface area contributed by atoms with Gasteiger partial charge in [0.05, 0.1) is 13.0 Å². The number of nitrogens with zero attached hydrogens (tertiary/aromatic N) is 1. The van der Waals surface area contributed by atoms with Crippen LogP contribution in [0.15, 0.2) is 24.3 Å². The summed E-state index contributed by atoms with van der Waals surface area (Å²) in [5.41, 5.74) is 0.417. The van der Waals surface area contributed by atoms with Crippen LogP contribution in [0.1, 0.15) is 55.8 Å². The number of carbonyl (C=O) groups excluding carboxylic acids is 3. The van der Waals surface area contributed by atoms with Crippen LogP contribution in [0, 0.1) is 0 Å². The van der Waals surface area contributed by atoms with E-state index in [9.17, 15) is 14.4 Å². The first-order valence-electron chi connectivity index (χ1n) is 10.8. The van der Waals surface area contributed by atoms with Crippen LogP contribution in [0.2, 0.25) is 0 Å². The van der Waals surface area contributed by atoms with Crippen LogP contribution in [-0.4, -0.2) is 59.6 Å². The van der Waals surface area contributed by atoms with Crippen LogP contribution >= 0.6 is 12.2 Å². The maximum atomic E-state index is 12.6. The highest BCUT2D eigenvalue weighted by molar-refractivity contribution is 7.80. The molecule has 1 saturated carbocycles. The summed E-state index contributed by atoms with van der Waals surface area (Å²) >= 11 is 5.40. The lowest BCUT2D eigenvalue weighted by Gasteiger charge is -2.36. The third-order valence-corrected chi connectivity index (χ3v) is 5.79. The molecule has 1 aliphatic carbocycles. The molecule has 2 amide bonds. The second-order valence-corrected chi connectivity index (χ2v) is 8.06. The van der Waals surface area contributed by atoms with Crippen LogP contribution in [0.25, 0.3) is 0 Å². The molecule has 2 aliphatic rings. The van der Waals surface area contributed by atoms with E-state index < -0.39 is 12.0 Å². The molecule has 1 saturated heterocycles. The number of hydrogen-bond acceptors (Lipinski definition) is 6. The predicted octanol–water partition coefficient (Wildman–Crippen LogP) is 2.17. The standard InChI is InChI=1S/C22H29N3O5S/c1-2-29-16-10-8-15(9-11-16)20(27)24-22(31)25-13-12-23-21(28)18(25)14-19(26)30-17-6-4-3-5-7-17/h8-11,17-18H,2-7,12-14H2,1H3,(H,23,28)(H,24,27,31)/t18-/m0/s1. The average Bonchev–Trinajstić information content (AvgIpc) is 2.76. The Hall–Kier alpha value is -2.68. The van der Waals surface area contributed by atoms with E-state index in [1.165, 1.54) is 0 Å². The van der Waals surface area contributed by atoms with Gasteiger partial charge in [0.2, 0.25) is 5.91 Å². The lowest BCUT2D eigenvalue weighted by Crippen LogP contribution is -2.60. The SMILES string of the molecule is CCOc1ccc(C(=O)NC(=S)N2CCNC(=O)[C@@H]2CC(=O)OC2CCCCC2)cc1. The number of piperazine rings is 1. The zero-order chi connectivity index (χ0) is 22.2. The molecule has 1 aromatic carbocycles. The Morgan fingerprint density at radius 1 is 1.19 bits per heavy atom. The number of amides is 2. The summed E-state index contributed by atoms with van der Waals surface area (Å²) in [6.07, 6.45) is 4.81. The smallest absolute Gasteiger partial charge is 0.308 e. The topological polar surface area (TPSA) is 97.0 Å². The van der Waals surface area contributed by atoms with E-state index in [0.29, 0.717) is 31.0 Å². The Morgan fingerprint density at radius 2 is 1.90 bits per heavy atom. The summed E-state index contributed by atoms with van der Waals surface area (Å²) in [5.74, 6) is -0.433. The highest BCUT2D eigenvalue weighted by Crippen LogP contribution is 2.21. The molecule has 2 fully saturated rings. The minimum atomic E-state index is -0.807. The molecular weight excluding hydrogens is 418 g/mol. The summed E-state index contributed by atoms with van der Waals surface area (Å²) in [7, 11) is 0. The van der Waals surface area contributed by atoms with E-state index in [1.54, 1.807) is 29.2 Å². The Morgan fingerprint density at radius 3 is 2.58 bits per heavy atom. The second-order valence-electron chi connectivity index (χ2n) is 7.67. The van der Waals surface area contributed by atoms with E-state index in [-0.39, 0.29) is 29.5 Å². The minimum Gasteiger partial charge on any atom is -0.494 e. The minimum absolute atomic E-state index is 0.0762. The van der Waals surface area contributed by atoms with Crippen molar-refractivity contribution in [3.8, 4) is 5.75 Å². The number of hydrogen-bond donors (Lipinski definition) is 2. The molecule has 1 aromatic rings. The molecule has 0 spiro atoms. The molecule has 1 aliphatic heterocycles. The van der Waals surface area contributed by atoms with Gasteiger partial charge in [-0.2, -0.15) is 0 Å². The molecule has 0 unspecified atom stereocenters. The maximum Gasteiger partial charge on any atom is 0.308 e. The molecule has 31 heavy (non-hydrogen) atoms. The fourth-order valence-electron chi connectivity index (χ4n) is 3.85. The Labute approximate surface area is 187 Å². The number of ether oxygens (including phenoxy) is 2. The van der Waals surface area contributed by atoms with Crippen molar-refractivity contribution in [1.29, 1.82) is 0 Å². The van der Waals surface area contributed by atoms with Gasteiger partial charge in [-0.3, -0.25) is 19.7 Å². The fraction of sp³-hybridized carbons (Fsp3) is 0.545. The first kappa shape index (κ1) is 23.0. The van der Waals surface area contributed by atoms with Crippen molar-refractivity contribution in [2.75, 3.05) is 19.7 Å². The fourth-order valence-corrected chi connectivity index (χ4v) is 4.16. The van der Waals surface area contributed by atoms with Gasteiger partial charge in [-0.05, 0) is 69.1 Å². The summed E-state index contributed by atoms with van der Waals surface area (Å²) in [5, 5.41) is 5.54. The van der Waals surface area contributed by atoms with Gasteiger partial charge in [0.25, 0.3) is 5.91 Å². The number of thiocarbonyl (C=S) groups is 1. The van der Waals surface area contributed by atoms with Crippen molar-refractivity contribution in [2.45, 2.75) is 57.6 Å². The van der Waals surface area contributed by atoms with Gasteiger partial charge in [-0.25, -0.2) is 0 Å². The van der Waals surface area contributed by atoms with Gasteiger partial charge in [-0.1, -0.05) is 6.42 Å². The molecule has 3 rings (SSSR count). The van der Waals surface area contributed by atoms with Crippen LogP contribution < -0.4 is 15.4 Å². The molecule has 8 nitrogen and oxygen atoms in total. The number of benzene rings is 1. The summed E-state index contributed by atoms with van der Waals surface area (Å²) in [4.78, 5) is 39.1. The summed E-state index contributed by atoms with van der Waals surface area (Å²) in [6, 6.07) is 5.90. The number of esters is 1. The molecule has 9 heteroatoms. The van der Waals surface area contributed by atoms with Gasteiger partial charge in [-0.15, -0.1) is 0 Å². The van der Waals surface area contributed by atoms with Crippen LogP contribution in [-0.2, 0) is 14.3 Å². The van der Waals surface area contributed by atoms with Crippen LogP contribution in [0.5, 0.6) is 5.75 Å². The third-order valence-electron chi connectivity index (χ3n) is 5.45. The quantitative estimate of drug-likeness (QED) is 0.510. The normalized spacial score (nSPS) is 19.3. The van der Waals surface area contributed by atoms with Gasteiger partial charge >= 0.3 is 5.97 Å². The van der Waals surface area contributed by atoms with Crippen molar-refractivity contribution in [3.05, 3.63) is 29.8 Å². The van der Waals surface area contributed by atoms with Gasteiger partial charge in [0, 0.05) is 18.7 Å². The van der Waals surface area contributed by atoms with E-state index >= 15 is 0 Å². The first-order chi connectivity index (χ1) is 15.0. The van der Waals surface area contributed by atoms with Crippen molar-refractivity contribution >= 4 is 35.1 Å². The molecule has 1 atom stereocenters. The highest BCUT2D eigenvalue weighted by Gasteiger charge is 2.35. The second kappa shape index (κ2) is 11.1. The van der Waals surface area contributed by atoms with E-state index in [2.05, 4.69) is 10.6 Å². The van der Waals surface area contributed by atoms with E-state index in [1.807, 2.05) is 6.92 Å². The molecule has 0 bridgehead atoms. The molecule has 0 radical (unpaired) electrons.